The summed E-state index contributed by atoms with van der Waals surface area (Å²) in [6.07, 6.45) is 2.73. The maximum Gasteiger partial charge on any atom is 0.264 e. The number of pyridine rings is 1. The molecule has 3 aromatic rings. The lowest BCUT2D eigenvalue weighted by Crippen LogP contribution is -2.31. The SMILES string of the molecule is CC(C)(C)c1ccc(S(=O)(=O)Nc2ccc(Cl)c3c2C(=O)N(Cc2cc[n+](O)cc2)C3=O)cc1. The number of carbonyl (C=O) groups is 2. The van der Waals surface area contributed by atoms with Crippen LogP contribution in [0.15, 0.2) is 65.8 Å². The fraction of sp³-hybridized carbons (Fsp3) is 0.208. The molecule has 0 atom stereocenters. The number of halogens is 1. The van der Waals surface area contributed by atoms with Crippen LogP contribution in [0.5, 0.6) is 0 Å². The Morgan fingerprint density at radius 1 is 0.941 bits per heavy atom. The van der Waals surface area contributed by atoms with Crippen LogP contribution >= 0.6 is 11.6 Å². The van der Waals surface area contributed by atoms with Crippen LogP contribution in [0.25, 0.3) is 0 Å². The molecule has 0 aliphatic carbocycles. The zero-order chi connectivity index (χ0) is 24.8. The largest absolute Gasteiger partial charge is 0.285 e. The molecule has 176 valence electrons. The number of amides is 2. The molecule has 34 heavy (non-hydrogen) atoms. The van der Waals surface area contributed by atoms with Gasteiger partial charge in [0.05, 0.1) is 33.3 Å². The van der Waals surface area contributed by atoms with Crippen molar-refractivity contribution in [3.63, 3.8) is 0 Å². The first-order valence-corrected chi connectivity index (χ1v) is 12.3. The third kappa shape index (κ3) is 4.36. The average Bonchev–Trinajstić information content (AvgIpc) is 3.02. The molecule has 2 heterocycles. The lowest BCUT2D eigenvalue weighted by Gasteiger charge is -2.19. The van der Waals surface area contributed by atoms with Crippen molar-refractivity contribution in [1.29, 1.82) is 0 Å². The van der Waals surface area contributed by atoms with Crippen LogP contribution in [0.1, 0.15) is 52.6 Å². The highest BCUT2D eigenvalue weighted by atomic mass is 35.5. The van der Waals surface area contributed by atoms with Gasteiger partial charge < -0.3 is 0 Å². The summed E-state index contributed by atoms with van der Waals surface area (Å²) in [5, 5.41) is 9.43. The summed E-state index contributed by atoms with van der Waals surface area (Å²) in [7, 11) is -4.04. The summed E-state index contributed by atoms with van der Waals surface area (Å²) in [5.74, 6) is -1.29. The molecule has 0 unspecified atom stereocenters. The number of rotatable bonds is 5. The molecule has 0 saturated carbocycles. The standard InChI is InChI=1S/C24H22ClN3O5S/c1-24(2,3)16-4-6-17(7-5-16)34(32,33)26-19-9-8-18(25)20-21(19)23(30)28(22(20)29)14-15-10-12-27(31)13-11-15/h4-13H,14H2,1-3H3,(H-,26,30,31)/p+1. The molecule has 0 fully saturated rings. The lowest BCUT2D eigenvalue weighted by molar-refractivity contribution is -0.904. The number of carbonyl (C=O) groups excluding carboxylic acids is 2. The van der Waals surface area contributed by atoms with Crippen LogP contribution in [-0.4, -0.2) is 30.3 Å². The highest BCUT2D eigenvalue weighted by Gasteiger charge is 2.40. The first kappa shape index (κ1) is 23.7. The van der Waals surface area contributed by atoms with E-state index in [2.05, 4.69) is 4.72 Å². The number of nitrogens with one attached hydrogen (secondary N) is 1. The molecular formula is C24H23ClN3O5S+. The van der Waals surface area contributed by atoms with E-state index in [4.69, 9.17) is 11.6 Å². The second-order valence-electron chi connectivity index (χ2n) is 9.01. The van der Waals surface area contributed by atoms with E-state index in [1.165, 1.54) is 36.7 Å². The van der Waals surface area contributed by atoms with Crippen molar-refractivity contribution in [2.45, 2.75) is 37.6 Å². The van der Waals surface area contributed by atoms with Crippen LogP contribution in [0.4, 0.5) is 5.69 Å². The Bertz CT molecular complexity index is 1400. The van der Waals surface area contributed by atoms with E-state index in [1.54, 1.807) is 24.3 Å². The Morgan fingerprint density at radius 3 is 2.12 bits per heavy atom. The zero-order valence-corrected chi connectivity index (χ0v) is 20.3. The Labute approximate surface area is 202 Å². The third-order valence-corrected chi connectivity index (χ3v) is 7.27. The second kappa shape index (κ2) is 8.41. The summed E-state index contributed by atoms with van der Waals surface area (Å²) < 4.78 is 29.4. The number of anilines is 1. The van der Waals surface area contributed by atoms with Gasteiger partial charge in [0, 0.05) is 16.9 Å². The predicted octanol–water partition coefficient (Wildman–Crippen LogP) is 3.76. The molecule has 0 radical (unpaired) electrons. The molecule has 0 spiro atoms. The normalized spacial score (nSPS) is 13.8. The predicted molar refractivity (Wildman–Crippen MR) is 125 cm³/mol. The van der Waals surface area contributed by atoms with Crippen LogP contribution in [0.3, 0.4) is 0 Å². The number of sulfonamides is 1. The Morgan fingerprint density at radius 2 is 1.53 bits per heavy atom. The molecule has 8 nitrogen and oxygen atoms in total. The molecule has 1 aliphatic heterocycles. The molecule has 2 aromatic carbocycles. The summed E-state index contributed by atoms with van der Waals surface area (Å²) in [6, 6.07) is 12.3. The van der Waals surface area contributed by atoms with Crippen molar-refractivity contribution in [1.82, 2.24) is 4.90 Å². The van der Waals surface area contributed by atoms with E-state index in [0.717, 1.165) is 15.2 Å². The Kier molecular flexibility index (Phi) is 5.87. The third-order valence-electron chi connectivity index (χ3n) is 5.57. The quantitative estimate of drug-likeness (QED) is 0.315. The number of fused-ring (bicyclic) bond motifs is 1. The van der Waals surface area contributed by atoms with E-state index in [9.17, 15) is 23.2 Å². The molecule has 2 N–H and O–H groups in total. The lowest BCUT2D eigenvalue weighted by atomic mass is 9.87. The van der Waals surface area contributed by atoms with Gasteiger partial charge in [0.2, 0.25) is 12.4 Å². The van der Waals surface area contributed by atoms with Crippen molar-refractivity contribution in [2.75, 3.05) is 4.72 Å². The second-order valence-corrected chi connectivity index (χ2v) is 11.1. The molecular weight excluding hydrogens is 478 g/mol. The van der Waals surface area contributed by atoms with E-state index >= 15 is 0 Å². The highest BCUT2D eigenvalue weighted by Crippen LogP contribution is 2.36. The number of hydrogen-bond acceptors (Lipinski definition) is 5. The molecule has 0 bridgehead atoms. The van der Waals surface area contributed by atoms with E-state index in [-0.39, 0.29) is 38.7 Å². The van der Waals surface area contributed by atoms with Crippen molar-refractivity contribution in [3.8, 4) is 0 Å². The van der Waals surface area contributed by atoms with Crippen molar-refractivity contribution in [2.24, 2.45) is 0 Å². The minimum atomic E-state index is -4.04. The van der Waals surface area contributed by atoms with E-state index in [0.29, 0.717) is 5.56 Å². The summed E-state index contributed by atoms with van der Waals surface area (Å²) in [5.41, 5.74) is 1.25. The molecule has 1 aromatic heterocycles. The van der Waals surface area contributed by atoms with Crippen LogP contribution < -0.4 is 9.45 Å². The topological polar surface area (TPSA) is 108 Å². The van der Waals surface area contributed by atoms with E-state index < -0.39 is 21.8 Å². The Hall–Kier alpha value is -3.43. The van der Waals surface area contributed by atoms with Gasteiger partial charge in [-0.3, -0.25) is 24.4 Å². The van der Waals surface area contributed by atoms with E-state index in [1.807, 2.05) is 20.8 Å². The molecule has 1 aliphatic rings. The van der Waals surface area contributed by atoms with Gasteiger partial charge in [-0.2, -0.15) is 0 Å². The van der Waals surface area contributed by atoms with Gasteiger partial charge in [-0.05, 0) is 40.8 Å². The van der Waals surface area contributed by atoms with Crippen molar-refractivity contribution in [3.05, 3.63) is 88.2 Å². The number of hydrogen-bond donors (Lipinski definition) is 2. The number of imide groups is 1. The monoisotopic (exact) mass is 500 g/mol. The molecule has 0 saturated heterocycles. The maximum atomic E-state index is 13.2. The van der Waals surface area contributed by atoms with Gasteiger partial charge in [-0.25, -0.2) is 8.42 Å². The number of benzene rings is 2. The smallest absolute Gasteiger partial charge is 0.264 e. The van der Waals surface area contributed by atoms with Gasteiger partial charge in [0.1, 0.15) is 0 Å². The first-order chi connectivity index (χ1) is 15.9. The van der Waals surface area contributed by atoms with Gasteiger partial charge in [-0.15, -0.1) is 0 Å². The average molecular weight is 501 g/mol. The molecule has 10 heteroatoms. The Balaban J connectivity index is 1.67. The molecule has 4 rings (SSSR count). The summed E-state index contributed by atoms with van der Waals surface area (Å²) >= 11 is 6.23. The number of nitrogens with zero attached hydrogens (tertiary/aromatic N) is 2. The van der Waals surface area contributed by atoms with Crippen LogP contribution in [0, 0.1) is 0 Å². The zero-order valence-electron chi connectivity index (χ0n) is 18.7. The van der Waals surface area contributed by atoms with Crippen molar-refractivity contribution < 1.29 is 27.9 Å². The van der Waals surface area contributed by atoms with Gasteiger partial charge >= 0.3 is 0 Å². The molecule has 2 amide bonds. The fourth-order valence-electron chi connectivity index (χ4n) is 3.67. The fourth-order valence-corrected chi connectivity index (χ4v) is 4.98. The van der Waals surface area contributed by atoms with Gasteiger partial charge in [-0.1, -0.05) is 44.5 Å². The summed E-state index contributed by atoms with van der Waals surface area (Å²) in [4.78, 5) is 27.2. The highest BCUT2D eigenvalue weighted by molar-refractivity contribution is 7.92. The maximum absolute atomic E-state index is 13.2. The van der Waals surface area contributed by atoms with Gasteiger partial charge in [0.15, 0.2) is 0 Å². The minimum absolute atomic E-state index is 0.0265. The first-order valence-electron chi connectivity index (χ1n) is 10.4. The van der Waals surface area contributed by atoms with Gasteiger partial charge in [0.25, 0.3) is 21.8 Å². The minimum Gasteiger partial charge on any atom is -0.285 e. The van der Waals surface area contributed by atoms with Crippen LogP contribution in [0.2, 0.25) is 5.02 Å². The number of aromatic nitrogens is 1. The summed E-state index contributed by atoms with van der Waals surface area (Å²) in [6.45, 7) is 6.01. The van der Waals surface area contributed by atoms with Crippen molar-refractivity contribution >= 4 is 39.1 Å². The van der Waals surface area contributed by atoms with Crippen LogP contribution in [-0.2, 0) is 22.0 Å².